The van der Waals surface area contributed by atoms with Crippen molar-refractivity contribution >= 4 is 32.8 Å². The molecule has 78 valence electrons. The minimum Gasteiger partial charge on any atom is -0.480 e. The second kappa shape index (κ2) is 3.63. The molecule has 0 fully saturated rings. The molecule has 0 aliphatic heterocycles. The standard InChI is InChI=1S/C9H8BrN3O2/c10-8-5-3-1-2-4(6(11)9(14)15)7(5)12-13-8/h1-3,6H,11H2,(H,12,13)(H,14,15). The van der Waals surface area contributed by atoms with Crippen LogP contribution in [0.4, 0.5) is 0 Å². The van der Waals surface area contributed by atoms with Gasteiger partial charge in [-0.3, -0.25) is 9.89 Å². The summed E-state index contributed by atoms with van der Waals surface area (Å²) in [5.74, 6) is -1.07. The summed E-state index contributed by atoms with van der Waals surface area (Å²) in [6.07, 6.45) is 0. The summed E-state index contributed by atoms with van der Waals surface area (Å²) in [4.78, 5) is 10.8. The summed E-state index contributed by atoms with van der Waals surface area (Å²) in [6.45, 7) is 0. The van der Waals surface area contributed by atoms with E-state index in [1.165, 1.54) is 0 Å². The molecule has 1 unspecified atom stereocenters. The smallest absolute Gasteiger partial charge is 0.325 e. The van der Waals surface area contributed by atoms with E-state index in [0.29, 0.717) is 11.1 Å². The third-order valence-electron chi connectivity index (χ3n) is 2.17. The molecular weight excluding hydrogens is 262 g/mol. The second-order valence-electron chi connectivity index (χ2n) is 3.10. The highest BCUT2D eigenvalue weighted by Gasteiger charge is 2.18. The summed E-state index contributed by atoms with van der Waals surface area (Å²) in [6, 6.07) is 4.19. The van der Waals surface area contributed by atoms with Gasteiger partial charge in [0.2, 0.25) is 0 Å². The monoisotopic (exact) mass is 269 g/mol. The second-order valence-corrected chi connectivity index (χ2v) is 3.89. The van der Waals surface area contributed by atoms with Crippen LogP contribution < -0.4 is 5.73 Å². The number of carboxylic acid groups (broad SMARTS) is 1. The fraction of sp³-hybridized carbons (Fsp3) is 0.111. The van der Waals surface area contributed by atoms with Crippen LogP contribution in [0.15, 0.2) is 22.8 Å². The zero-order valence-corrected chi connectivity index (χ0v) is 9.15. The van der Waals surface area contributed by atoms with E-state index >= 15 is 0 Å². The molecule has 0 amide bonds. The lowest BCUT2D eigenvalue weighted by molar-refractivity contribution is -0.138. The lowest BCUT2D eigenvalue weighted by Crippen LogP contribution is -2.20. The van der Waals surface area contributed by atoms with Gasteiger partial charge in [0.15, 0.2) is 0 Å². The predicted molar refractivity (Wildman–Crippen MR) is 58.4 cm³/mol. The highest BCUT2D eigenvalue weighted by Crippen LogP contribution is 2.26. The average molecular weight is 270 g/mol. The molecule has 0 radical (unpaired) electrons. The van der Waals surface area contributed by atoms with E-state index in [-0.39, 0.29) is 0 Å². The largest absolute Gasteiger partial charge is 0.480 e. The Morgan fingerprint density at radius 3 is 3.00 bits per heavy atom. The number of aromatic nitrogens is 2. The number of fused-ring (bicyclic) bond motifs is 1. The molecule has 2 rings (SSSR count). The Kier molecular flexibility index (Phi) is 2.45. The molecular formula is C9H8BrN3O2. The van der Waals surface area contributed by atoms with Crippen molar-refractivity contribution in [3.63, 3.8) is 0 Å². The van der Waals surface area contributed by atoms with Gasteiger partial charge in [-0.05, 0) is 15.9 Å². The zero-order chi connectivity index (χ0) is 11.0. The summed E-state index contributed by atoms with van der Waals surface area (Å²) in [7, 11) is 0. The van der Waals surface area contributed by atoms with Crippen LogP contribution >= 0.6 is 15.9 Å². The minimum absolute atomic E-state index is 0.502. The molecule has 1 aromatic heterocycles. The Hall–Kier alpha value is -1.40. The van der Waals surface area contributed by atoms with Crippen molar-refractivity contribution in [2.75, 3.05) is 0 Å². The van der Waals surface area contributed by atoms with Gasteiger partial charge in [0, 0.05) is 10.9 Å². The maximum Gasteiger partial charge on any atom is 0.325 e. The van der Waals surface area contributed by atoms with Crippen LogP contribution in [0.25, 0.3) is 10.9 Å². The van der Waals surface area contributed by atoms with Crippen molar-refractivity contribution in [3.05, 3.63) is 28.4 Å². The maximum absolute atomic E-state index is 10.8. The van der Waals surface area contributed by atoms with Crippen molar-refractivity contribution in [3.8, 4) is 0 Å². The number of nitrogens with one attached hydrogen (secondary N) is 1. The number of rotatable bonds is 2. The van der Waals surface area contributed by atoms with Crippen molar-refractivity contribution < 1.29 is 9.90 Å². The van der Waals surface area contributed by atoms with Crippen LogP contribution in [0.3, 0.4) is 0 Å². The van der Waals surface area contributed by atoms with E-state index in [1.54, 1.807) is 12.1 Å². The van der Waals surface area contributed by atoms with Crippen molar-refractivity contribution in [2.45, 2.75) is 6.04 Å². The fourth-order valence-electron chi connectivity index (χ4n) is 1.41. The molecule has 0 aliphatic carbocycles. The lowest BCUT2D eigenvalue weighted by atomic mass is 10.1. The first-order valence-corrected chi connectivity index (χ1v) is 5.01. The molecule has 0 aliphatic rings. The van der Waals surface area contributed by atoms with Gasteiger partial charge in [-0.1, -0.05) is 18.2 Å². The predicted octanol–water partition coefficient (Wildman–Crippen LogP) is 1.41. The van der Waals surface area contributed by atoms with Gasteiger partial charge in [0.25, 0.3) is 0 Å². The first kappa shape index (κ1) is 10.1. The van der Waals surface area contributed by atoms with E-state index in [9.17, 15) is 4.79 Å². The third kappa shape index (κ3) is 1.62. The van der Waals surface area contributed by atoms with Gasteiger partial charge in [-0.2, -0.15) is 5.10 Å². The molecule has 0 saturated heterocycles. The highest BCUT2D eigenvalue weighted by atomic mass is 79.9. The molecule has 1 aromatic carbocycles. The van der Waals surface area contributed by atoms with Gasteiger partial charge in [-0.25, -0.2) is 0 Å². The number of carbonyl (C=O) groups is 1. The first-order chi connectivity index (χ1) is 7.11. The molecule has 0 spiro atoms. The quantitative estimate of drug-likeness (QED) is 0.769. The number of carboxylic acids is 1. The van der Waals surface area contributed by atoms with Crippen molar-refractivity contribution in [2.24, 2.45) is 5.73 Å². The van der Waals surface area contributed by atoms with Crippen LogP contribution in [0.1, 0.15) is 11.6 Å². The number of H-pyrrole nitrogens is 1. The van der Waals surface area contributed by atoms with E-state index < -0.39 is 12.0 Å². The summed E-state index contributed by atoms with van der Waals surface area (Å²) in [5, 5.41) is 16.4. The van der Waals surface area contributed by atoms with Crippen LogP contribution in [0.2, 0.25) is 0 Å². The Balaban J connectivity index is 2.66. The van der Waals surface area contributed by atoms with E-state index in [0.717, 1.165) is 9.99 Å². The number of hydrogen-bond acceptors (Lipinski definition) is 3. The van der Waals surface area contributed by atoms with Gasteiger partial charge in [0.1, 0.15) is 10.6 Å². The maximum atomic E-state index is 10.8. The zero-order valence-electron chi connectivity index (χ0n) is 7.57. The molecule has 5 nitrogen and oxygen atoms in total. The molecule has 0 saturated carbocycles. The molecule has 1 atom stereocenters. The SMILES string of the molecule is NC(C(=O)O)c1cccc2c(Br)[nH]nc12. The number of halogens is 1. The normalized spacial score (nSPS) is 12.9. The van der Waals surface area contributed by atoms with Crippen molar-refractivity contribution in [1.82, 2.24) is 10.2 Å². The van der Waals surface area contributed by atoms with Gasteiger partial charge in [0.05, 0.1) is 5.52 Å². The van der Waals surface area contributed by atoms with Crippen LogP contribution in [-0.2, 0) is 4.79 Å². The average Bonchev–Trinajstić information content (AvgIpc) is 2.59. The number of para-hydroxylation sites is 1. The highest BCUT2D eigenvalue weighted by molar-refractivity contribution is 9.10. The summed E-state index contributed by atoms with van der Waals surface area (Å²) < 4.78 is 0.719. The lowest BCUT2D eigenvalue weighted by Gasteiger charge is -2.06. The summed E-state index contributed by atoms with van der Waals surface area (Å²) in [5.41, 5.74) is 6.63. The number of aromatic amines is 1. The third-order valence-corrected chi connectivity index (χ3v) is 2.78. The molecule has 6 heteroatoms. The topological polar surface area (TPSA) is 92.0 Å². The molecule has 15 heavy (non-hydrogen) atoms. The number of aliphatic carboxylic acids is 1. The molecule has 4 N–H and O–H groups in total. The van der Waals surface area contributed by atoms with E-state index in [4.69, 9.17) is 10.8 Å². The number of nitrogens with zero attached hydrogens (tertiary/aromatic N) is 1. The molecule has 0 bridgehead atoms. The Bertz CT molecular complexity index is 523. The number of benzene rings is 1. The van der Waals surface area contributed by atoms with Crippen LogP contribution in [0, 0.1) is 0 Å². The number of nitrogens with two attached hydrogens (primary N) is 1. The van der Waals surface area contributed by atoms with Crippen molar-refractivity contribution in [1.29, 1.82) is 0 Å². The van der Waals surface area contributed by atoms with Crippen LogP contribution in [-0.4, -0.2) is 21.3 Å². The van der Waals surface area contributed by atoms with E-state index in [1.807, 2.05) is 6.07 Å². The van der Waals surface area contributed by atoms with Crippen LogP contribution in [0.5, 0.6) is 0 Å². The number of hydrogen-bond donors (Lipinski definition) is 3. The Morgan fingerprint density at radius 2 is 2.33 bits per heavy atom. The Labute approximate surface area is 93.4 Å². The van der Waals surface area contributed by atoms with Gasteiger partial charge >= 0.3 is 5.97 Å². The Morgan fingerprint density at radius 1 is 1.60 bits per heavy atom. The van der Waals surface area contributed by atoms with Gasteiger partial charge in [-0.15, -0.1) is 0 Å². The minimum atomic E-state index is -1.07. The fourth-order valence-corrected chi connectivity index (χ4v) is 1.82. The summed E-state index contributed by atoms with van der Waals surface area (Å²) >= 11 is 3.28. The molecule has 1 heterocycles. The molecule has 2 aromatic rings. The van der Waals surface area contributed by atoms with Gasteiger partial charge < -0.3 is 10.8 Å². The first-order valence-electron chi connectivity index (χ1n) is 4.22. The van der Waals surface area contributed by atoms with E-state index in [2.05, 4.69) is 26.1 Å².